The Morgan fingerprint density at radius 3 is 1.63 bits per heavy atom. The summed E-state index contributed by atoms with van der Waals surface area (Å²) in [5, 5.41) is 2.27. The van der Waals surface area contributed by atoms with Gasteiger partial charge in [-0.25, -0.2) is 4.98 Å². The fraction of sp³-hybridized carbons (Fsp3) is 0.290. The van der Waals surface area contributed by atoms with Crippen LogP contribution >= 0.6 is 0 Å². The number of allylic oxidation sites excluding steroid dienone is 2. The van der Waals surface area contributed by atoms with E-state index in [1.165, 1.54) is 44.6 Å². The predicted molar refractivity (Wildman–Crippen MR) is 281 cm³/mol. The van der Waals surface area contributed by atoms with Crippen molar-refractivity contribution >= 4 is 33.2 Å². The summed E-state index contributed by atoms with van der Waals surface area (Å²) in [6.45, 7) is 32.0. The summed E-state index contributed by atoms with van der Waals surface area (Å²) >= 11 is 0. The molecule has 0 amide bonds. The first kappa shape index (κ1) is 48.6. The van der Waals surface area contributed by atoms with E-state index in [2.05, 4.69) is 257 Å². The SMILES string of the molecule is CC(C)(C)c1cccc(N2[CH-]N(c3[c-]c(Oc4[c-]c5c(cc4)c4cc(C(C)(C)C)ccc4n5-c4cc(C(C)(C)C)ccn4)ccc3)C(C(C)(C)c3ccccc3)=C2C(C)(C)c2ccccc2)c1.[Pt]. The van der Waals surface area contributed by atoms with Gasteiger partial charge in [0.15, 0.2) is 0 Å². The van der Waals surface area contributed by atoms with Crippen molar-refractivity contribution in [2.24, 2.45) is 0 Å². The maximum Gasteiger partial charge on any atom is 0.135 e. The number of ether oxygens (including phenoxy) is 1. The molecule has 6 heteroatoms. The van der Waals surface area contributed by atoms with E-state index in [1.807, 2.05) is 18.3 Å². The van der Waals surface area contributed by atoms with Gasteiger partial charge in [-0.1, -0.05) is 180 Å². The van der Waals surface area contributed by atoms with Gasteiger partial charge >= 0.3 is 0 Å². The second-order valence-electron chi connectivity index (χ2n) is 22.4. The molecule has 0 fully saturated rings. The van der Waals surface area contributed by atoms with E-state index in [-0.39, 0.29) is 37.3 Å². The van der Waals surface area contributed by atoms with Gasteiger partial charge in [0.25, 0.3) is 0 Å². The van der Waals surface area contributed by atoms with Crippen LogP contribution in [-0.4, -0.2) is 9.55 Å². The molecular formula is C62H65N4OPt-3. The molecule has 3 heterocycles. The van der Waals surface area contributed by atoms with Crippen molar-refractivity contribution in [2.75, 3.05) is 9.80 Å². The van der Waals surface area contributed by atoms with E-state index in [0.29, 0.717) is 11.5 Å². The minimum absolute atomic E-state index is 0. The molecule has 1 aliphatic heterocycles. The molecule has 6 aromatic carbocycles. The Bertz CT molecular complexity index is 3140. The first-order valence-corrected chi connectivity index (χ1v) is 23.7. The zero-order valence-corrected chi connectivity index (χ0v) is 44.3. The van der Waals surface area contributed by atoms with Crippen LogP contribution in [0.2, 0.25) is 0 Å². The van der Waals surface area contributed by atoms with Crippen LogP contribution in [-0.2, 0) is 48.1 Å². The maximum absolute atomic E-state index is 6.85. The fourth-order valence-electron chi connectivity index (χ4n) is 9.59. The van der Waals surface area contributed by atoms with Gasteiger partial charge in [0.2, 0.25) is 0 Å². The van der Waals surface area contributed by atoms with Crippen molar-refractivity contribution in [1.82, 2.24) is 9.55 Å². The third-order valence-electron chi connectivity index (χ3n) is 13.7. The Kier molecular flexibility index (Phi) is 12.8. The minimum Gasteiger partial charge on any atom is -0.509 e. The van der Waals surface area contributed by atoms with E-state index in [1.54, 1.807) is 0 Å². The van der Waals surface area contributed by atoms with Gasteiger partial charge in [0.1, 0.15) is 5.82 Å². The predicted octanol–water partition coefficient (Wildman–Crippen LogP) is 16.1. The van der Waals surface area contributed by atoms with Crippen molar-refractivity contribution in [1.29, 1.82) is 0 Å². The Morgan fingerprint density at radius 2 is 1.01 bits per heavy atom. The van der Waals surface area contributed by atoms with Crippen LogP contribution in [0.15, 0.2) is 163 Å². The number of anilines is 2. The van der Waals surface area contributed by atoms with Crippen LogP contribution in [0, 0.1) is 18.8 Å². The number of aromatic nitrogens is 2. The van der Waals surface area contributed by atoms with Gasteiger partial charge in [-0.05, 0) is 79.8 Å². The molecule has 9 rings (SSSR count). The Hall–Kier alpha value is -5.90. The molecule has 1 aliphatic rings. The van der Waals surface area contributed by atoms with Crippen LogP contribution in [0.1, 0.15) is 118 Å². The molecule has 0 spiro atoms. The molecule has 8 aromatic rings. The van der Waals surface area contributed by atoms with Gasteiger partial charge < -0.3 is 19.1 Å². The number of hydrogen-bond donors (Lipinski definition) is 0. The molecule has 0 bridgehead atoms. The maximum atomic E-state index is 6.85. The molecule has 68 heavy (non-hydrogen) atoms. The van der Waals surface area contributed by atoms with E-state index in [0.717, 1.165) is 33.6 Å². The Balaban J connectivity index is 0.00000625. The molecule has 0 saturated carbocycles. The number of pyridine rings is 1. The first-order valence-electron chi connectivity index (χ1n) is 23.7. The summed E-state index contributed by atoms with van der Waals surface area (Å²) in [5.74, 6) is 2.06. The Labute approximate surface area is 420 Å². The standard InChI is InChI=1S/C62H65N4O.Pt/c1-58(2,3)44-26-20-27-47(36-44)64-41-65(57(62(12,13)43-24-18-15-19-25-43)56(64)61(10,11)42-22-16-14-17-23-42)48-28-21-29-49(39-48)67-50-31-32-51-52-37-45(59(4,5)6)30-33-53(52)66(54(51)40-50)55-38-46(34-35-63-55)60(7,8)9;/h14-38,41H,1-13H3;/q-3;. The average Bonchev–Trinajstić information content (AvgIpc) is 3.87. The van der Waals surface area contributed by atoms with E-state index >= 15 is 0 Å². The number of nitrogens with zero attached hydrogens (tertiary/aromatic N) is 4. The molecule has 0 N–H and O–H groups in total. The van der Waals surface area contributed by atoms with Crippen LogP contribution in [0.25, 0.3) is 27.6 Å². The van der Waals surface area contributed by atoms with Gasteiger partial charge in [-0.3, -0.25) is 0 Å². The molecule has 0 radical (unpaired) electrons. The first-order chi connectivity index (χ1) is 31.6. The summed E-state index contributed by atoms with van der Waals surface area (Å²) in [7, 11) is 0. The van der Waals surface area contributed by atoms with E-state index in [4.69, 9.17) is 9.72 Å². The number of rotatable bonds is 9. The average molecular weight is 1080 g/mol. The summed E-state index contributed by atoms with van der Waals surface area (Å²) in [5.41, 5.74) is 11.6. The fourth-order valence-corrected chi connectivity index (χ4v) is 9.59. The van der Waals surface area contributed by atoms with Crippen molar-refractivity contribution in [3.05, 3.63) is 210 Å². The second-order valence-corrected chi connectivity index (χ2v) is 22.4. The van der Waals surface area contributed by atoms with Crippen LogP contribution < -0.4 is 14.5 Å². The summed E-state index contributed by atoms with van der Waals surface area (Å²) < 4.78 is 9.08. The summed E-state index contributed by atoms with van der Waals surface area (Å²) in [6.07, 6.45) is 1.92. The number of fused-ring (bicyclic) bond motifs is 3. The molecule has 352 valence electrons. The van der Waals surface area contributed by atoms with Crippen LogP contribution in [0.5, 0.6) is 11.5 Å². The zero-order chi connectivity index (χ0) is 47.7. The molecule has 0 atom stereocenters. The van der Waals surface area contributed by atoms with Crippen molar-refractivity contribution < 1.29 is 25.8 Å². The normalized spacial score (nSPS) is 14.0. The minimum atomic E-state index is -0.447. The third kappa shape index (κ3) is 9.07. The largest absolute Gasteiger partial charge is 0.509 e. The van der Waals surface area contributed by atoms with Gasteiger partial charge in [-0.15, -0.1) is 48.1 Å². The van der Waals surface area contributed by atoms with E-state index in [9.17, 15) is 0 Å². The van der Waals surface area contributed by atoms with Crippen LogP contribution in [0.4, 0.5) is 11.4 Å². The van der Waals surface area contributed by atoms with Crippen molar-refractivity contribution in [2.45, 2.75) is 117 Å². The zero-order valence-electron chi connectivity index (χ0n) is 42.0. The number of benzene rings is 6. The molecule has 5 nitrogen and oxygen atoms in total. The van der Waals surface area contributed by atoms with Gasteiger partial charge in [0, 0.05) is 72.2 Å². The topological polar surface area (TPSA) is 33.5 Å². The third-order valence-corrected chi connectivity index (χ3v) is 13.7. The molecule has 0 aliphatic carbocycles. The number of hydrogen-bond acceptors (Lipinski definition) is 4. The smallest absolute Gasteiger partial charge is 0.135 e. The molecule has 2 aromatic heterocycles. The van der Waals surface area contributed by atoms with Gasteiger partial charge in [0.05, 0.1) is 0 Å². The molecular weight excluding hydrogens is 1010 g/mol. The molecule has 0 unspecified atom stereocenters. The Morgan fingerprint density at radius 1 is 0.471 bits per heavy atom. The monoisotopic (exact) mass is 1080 g/mol. The molecule has 0 saturated heterocycles. The summed E-state index contributed by atoms with van der Waals surface area (Å²) in [4.78, 5) is 9.71. The quantitative estimate of drug-likeness (QED) is 0.135. The second kappa shape index (κ2) is 17.9. The van der Waals surface area contributed by atoms with Gasteiger partial charge in [-0.2, -0.15) is 12.1 Å². The summed E-state index contributed by atoms with van der Waals surface area (Å²) in [6, 6.07) is 59.8. The van der Waals surface area contributed by atoms with Crippen molar-refractivity contribution in [3.63, 3.8) is 0 Å². The van der Waals surface area contributed by atoms with Crippen LogP contribution in [0.3, 0.4) is 0 Å². The van der Waals surface area contributed by atoms with Crippen molar-refractivity contribution in [3.8, 4) is 17.3 Å². The van der Waals surface area contributed by atoms with E-state index < -0.39 is 10.8 Å².